The van der Waals surface area contributed by atoms with Crippen molar-refractivity contribution in [1.29, 1.82) is 0 Å². The zero-order valence-corrected chi connectivity index (χ0v) is 28.0. The molecule has 11 heteroatoms. The molecule has 0 atom stereocenters. The summed E-state index contributed by atoms with van der Waals surface area (Å²) in [6, 6.07) is 15.7. The Labute approximate surface area is 271 Å². The van der Waals surface area contributed by atoms with E-state index in [1.54, 1.807) is 50.7 Å². The number of aromatic nitrogens is 5. The van der Waals surface area contributed by atoms with Crippen LogP contribution in [-0.4, -0.2) is 61.8 Å². The number of carbonyl (C=O) groups is 2. The van der Waals surface area contributed by atoms with E-state index in [1.807, 2.05) is 93.7 Å². The topological polar surface area (TPSA) is 104 Å². The Balaban J connectivity index is 1.65. The molecule has 0 amide bonds. The van der Waals surface area contributed by atoms with Gasteiger partial charge < -0.3 is 14.4 Å². The lowest BCUT2D eigenvalue weighted by atomic mass is 10.1. The summed E-state index contributed by atoms with van der Waals surface area (Å²) in [4.78, 5) is 39.6. The van der Waals surface area contributed by atoms with Crippen molar-refractivity contribution >= 4 is 51.0 Å². The fourth-order valence-electron chi connectivity index (χ4n) is 5.17. The molecule has 0 spiro atoms. The largest absolute Gasteiger partial charge is 0.443 e. The minimum atomic E-state index is -0.762. The molecule has 46 heavy (non-hydrogen) atoms. The van der Waals surface area contributed by atoms with E-state index < -0.39 is 23.4 Å². The van der Waals surface area contributed by atoms with E-state index in [2.05, 4.69) is 4.98 Å². The third-order valence-electron chi connectivity index (χ3n) is 7.12. The third-order valence-corrected chi connectivity index (χ3v) is 8.02. The zero-order chi connectivity index (χ0) is 33.0. The van der Waals surface area contributed by atoms with Crippen molar-refractivity contribution < 1.29 is 19.1 Å². The molecule has 0 radical (unpaired) electrons. The normalized spacial score (nSPS) is 12.1. The maximum absolute atomic E-state index is 14.0. The van der Waals surface area contributed by atoms with E-state index in [1.165, 1.54) is 9.25 Å². The molecule has 236 valence electrons. The summed E-state index contributed by atoms with van der Waals surface area (Å²) in [5.74, 6) is 0. The van der Waals surface area contributed by atoms with E-state index in [0.717, 1.165) is 27.1 Å². The van der Waals surface area contributed by atoms with Crippen LogP contribution in [0.15, 0.2) is 72.5 Å². The van der Waals surface area contributed by atoms with Crippen LogP contribution in [0.5, 0.6) is 0 Å². The molecule has 6 aromatic rings. The maximum Gasteiger partial charge on any atom is 0.435 e. The monoisotopic (exact) mass is 636 g/mol. The summed E-state index contributed by atoms with van der Waals surface area (Å²) in [6.45, 7) is 10.9. The van der Waals surface area contributed by atoms with Gasteiger partial charge in [0, 0.05) is 47.1 Å². The lowest BCUT2D eigenvalue weighted by Gasteiger charge is -2.21. The average Bonchev–Trinajstić information content (AvgIpc) is 3.72. The van der Waals surface area contributed by atoms with E-state index in [-0.39, 0.29) is 0 Å². The molecule has 5 aromatic heterocycles. The molecule has 0 aliphatic carbocycles. The van der Waals surface area contributed by atoms with Gasteiger partial charge in [-0.1, -0.05) is 18.2 Å². The molecule has 0 aliphatic rings. The minimum Gasteiger partial charge on any atom is -0.443 e. The number of benzene rings is 1. The van der Waals surface area contributed by atoms with Crippen molar-refractivity contribution in [3.8, 4) is 33.1 Å². The van der Waals surface area contributed by atoms with E-state index in [0.29, 0.717) is 33.5 Å². The van der Waals surface area contributed by atoms with Crippen molar-refractivity contribution in [2.45, 2.75) is 52.7 Å². The van der Waals surface area contributed by atoms with Crippen LogP contribution in [0.3, 0.4) is 0 Å². The number of anilines is 1. The second-order valence-electron chi connectivity index (χ2n) is 13.2. The van der Waals surface area contributed by atoms with Crippen LogP contribution in [0.2, 0.25) is 0 Å². The van der Waals surface area contributed by atoms with Crippen LogP contribution in [0.1, 0.15) is 41.5 Å². The van der Waals surface area contributed by atoms with Crippen LogP contribution in [0, 0.1) is 0 Å². The van der Waals surface area contributed by atoms with Crippen molar-refractivity contribution in [2.24, 2.45) is 0 Å². The molecule has 0 saturated heterocycles. The fourth-order valence-corrected chi connectivity index (χ4v) is 5.94. The summed E-state index contributed by atoms with van der Waals surface area (Å²) in [5.41, 5.74) is 3.76. The first-order valence-corrected chi connectivity index (χ1v) is 15.7. The van der Waals surface area contributed by atoms with Gasteiger partial charge in [-0.25, -0.2) is 14.2 Å². The fraction of sp³-hybridized carbons (Fsp3) is 0.286. The molecule has 0 unspecified atom stereocenters. The van der Waals surface area contributed by atoms with E-state index in [4.69, 9.17) is 19.6 Å². The third kappa shape index (κ3) is 5.97. The predicted octanol–water partition coefficient (Wildman–Crippen LogP) is 8.48. The smallest absolute Gasteiger partial charge is 0.435 e. The highest BCUT2D eigenvalue weighted by Gasteiger charge is 2.29. The van der Waals surface area contributed by atoms with Gasteiger partial charge in [0.2, 0.25) is 0 Å². The second-order valence-corrected chi connectivity index (χ2v) is 14.2. The molecule has 0 aliphatic heterocycles. The van der Waals surface area contributed by atoms with Crippen LogP contribution in [0.25, 0.3) is 54.9 Å². The molecule has 0 fully saturated rings. The van der Waals surface area contributed by atoms with E-state index in [9.17, 15) is 9.59 Å². The molecule has 0 N–H and O–H groups in total. The number of rotatable bonds is 4. The summed E-state index contributed by atoms with van der Waals surface area (Å²) in [7, 11) is 3.89. The van der Waals surface area contributed by atoms with Crippen molar-refractivity contribution in [1.82, 2.24) is 24.3 Å². The molecule has 10 nitrogen and oxygen atoms in total. The van der Waals surface area contributed by atoms with Gasteiger partial charge in [-0.05, 0) is 77.3 Å². The Morgan fingerprint density at radius 2 is 1.57 bits per heavy atom. The first kappa shape index (κ1) is 31.0. The molecule has 1 aromatic carbocycles. The molecule has 0 saturated carbocycles. The van der Waals surface area contributed by atoms with Crippen LogP contribution >= 0.6 is 11.3 Å². The number of fused-ring (bicyclic) bond motifs is 2. The lowest BCUT2D eigenvalue weighted by molar-refractivity contribution is 0.0520. The number of nitrogens with zero attached hydrogens (tertiary/aromatic N) is 6. The van der Waals surface area contributed by atoms with Crippen LogP contribution in [-0.2, 0) is 9.47 Å². The van der Waals surface area contributed by atoms with Gasteiger partial charge in [-0.3, -0.25) is 9.97 Å². The molecule has 0 bridgehead atoms. The zero-order valence-electron chi connectivity index (χ0n) is 27.2. The molecule has 5 heterocycles. The minimum absolute atomic E-state index is 0.403. The standard InChI is InChI=1S/C35H36N6O4S/c1-34(2,3)44-32(42)40-27-12-9-11-23(30-13-10-14-46-30)24(27)17-28(40)31-25-16-26(21-15-22(39(7)8)19-36-18-21)37-20-29(25)41(38-31)33(43)45-35(4,5)6/h9-20H,1-8H3. The maximum atomic E-state index is 14.0. The van der Waals surface area contributed by atoms with Gasteiger partial charge in [0.05, 0.1) is 40.5 Å². The highest BCUT2D eigenvalue weighted by molar-refractivity contribution is 7.13. The SMILES string of the molecule is CN(C)c1cncc(-c2cc3c(-c4cc5c(-c6cccs6)cccc5n4C(=O)OC(C)(C)C)nn(C(=O)OC(C)(C)C)c3cn2)c1. The number of hydrogen-bond acceptors (Lipinski definition) is 9. The summed E-state index contributed by atoms with van der Waals surface area (Å²) < 4.78 is 14.4. The summed E-state index contributed by atoms with van der Waals surface area (Å²) in [5, 5.41) is 8.28. The highest BCUT2D eigenvalue weighted by Crippen LogP contribution is 2.39. The second kappa shape index (κ2) is 11.4. The Hall–Kier alpha value is -5.03. The number of carbonyl (C=O) groups excluding carboxylic acids is 2. The van der Waals surface area contributed by atoms with Gasteiger partial charge in [0.15, 0.2) is 0 Å². The summed E-state index contributed by atoms with van der Waals surface area (Å²) in [6.07, 6.45) is 3.90. The van der Waals surface area contributed by atoms with Gasteiger partial charge in [-0.15, -0.1) is 11.3 Å². The highest BCUT2D eigenvalue weighted by atomic mass is 32.1. The van der Waals surface area contributed by atoms with Crippen LogP contribution in [0.4, 0.5) is 15.3 Å². The number of ether oxygens (including phenoxy) is 2. The average molecular weight is 637 g/mol. The molecular formula is C35H36N6O4S. The molecular weight excluding hydrogens is 600 g/mol. The van der Waals surface area contributed by atoms with Crippen LogP contribution < -0.4 is 4.90 Å². The quantitative estimate of drug-likeness (QED) is 0.190. The van der Waals surface area contributed by atoms with E-state index >= 15 is 0 Å². The van der Waals surface area contributed by atoms with Crippen molar-refractivity contribution in [2.75, 3.05) is 19.0 Å². The Bertz CT molecular complexity index is 2100. The van der Waals surface area contributed by atoms with Crippen molar-refractivity contribution in [3.05, 3.63) is 72.5 Å². The van der Waals surface area contributed by atoms with Gasteiger partial charge in [-0.2, -0.15) is 9.78 Å². The van der Waals surface area contributed by atoms with Gasteiger partial charge in [0.25, 0.3) is 0 Å². The van der Waals surface area contributed by atoms with Crippen molar-refractivity contribution in [3.63, 3.8) is 0 Å². The summed E-state index contributed by atoms with van der Waals surface area (Å²) >= 11 is 1.61. The Morgan fingerprint density at radius 1 is 0.826 bits per heavy atom. The first-order valence-electron chi connectivity index (χ1n) is 14.9. The Morgan fingerprint density at radius 3 is 2.24 bits per heavy atom. The predicted molar refractivity (Wildman–Crippen MR) is 183 cm³/mol. The van der Waals surface area contributed by atoms with Gasteiger partial charge in [0.1, 0.15) is 16.9 Å². The Kier molecular flexibility index (Phi) is 7.68. The molecule has 6 rings (SSSR count). The number of hydrogen-bond donors (Lipinski definition) is 0. The first-order chi connectivity index (χ1) is 21.7. The van der Waals surface area contributed by atoms with Gasteiger partial charge >= 0.3 is 12.2 Å². The number of thiophene rings is 1. The lowest BCUT2D eigenvalue weighted by Crippen LogP contribution is -2.28. The number of pyridine rings is 2.